The van der Waals surface area contributed by atoms with Gasteiger partial charge in [0.1, 0.15) is 5.75 Å². The Labute approximate surface area is 232 Å². The first-order valence-corrected chi connectivity index (χ1v) is 15.6. The number of primary amides is 1. The monoisotopic (exact) mass is 589 g/mol. The summed E-state index contributed by atoms with van der Waals surface area (Å²) in [5.41, 5.74) is 7.23. The molecular formula is C27H38F3N3O6S. The maximum absolute atomic E-state index is 12.8. The van der Waals surface area contributed by atoms with Crippen molar-refractivity contribution in [2.24, 2.45) is 11.7 Å². The van der Waals surface area contributed by atoms with E-state index in [1.807, 2.05) is 17.0 Å². The molecule has 3 fully saturated rings. The number of hydrogen-bond acceptors (Lipinski definition) is 6. The van der Waals surface area contributed by atoms with Gasteiger partial charge in [0.15, 0.2) is 9.84 Å². The van der Waals surface area contributed by atoms with Crippen molar-refractivity contribution in [3.8, 4) is 0 Å². The molecule has 1 saturated carbocycles. The van der Waals surface area contributed by atoms with Crippen molar-refractivity contribution < 1.29 is 41.1 Å². The summed E-state index contributed by atoms with van der Waals surface area (Å²) in [6.07, 6.45) is 5.09. The van der Waals surface area contributed by atoms with E-state index in [1.54, 1.807) is 6.07 Å². The molecule has 2 bridgehead atoms. The highest BCUT2D eigenvalue weighted by Gasteiger charge is 2.41. The van der Waals surface area contributed by atoms with Gasteiger partial charge in [-0.15, -0.1) is 0 Å². The zero-order chi connectivity index (χ0) is 29.7. The van der Waals surface area contributed by atoms with E-state index in [0.29, 0.717) is 42.6 Å². The van der Waals surface area contributed by atoms with E-state index in [0.717, 1.165) is 51.3 Å². The standard InChI is InChI=1S/C25H37N3O4S.C2HF3O2/c1-33(31,32)17-24(29)27(16-18-5-2-3-6-18)11-12-28-22-9-10-23(28)15-21(14-22)19-7-4-8-20(13-19)25(26)30;3-2(4,5)1(6)7/h4,7-8,13,18,21-23H,2-3,5-6,9-12,14-17H2,1H3,(H2,26,30);(H,6,7). The summed E-state index contributed by atoms with van der Waals surface area (Å²) in [6, 6.07) is 8.64. The number of aliphatic carboxylic acids is 1. The summed E-state index contributed by atoms with van der Waals surface area (Å²) < 4.78 is 55.2. The number of nitrogens with two attached hydrogens (primary N) is 1. The van der Waals surface area contributed by atoms with Crippen molar-refractivity contribution in [1.29, 1.82) is 0 Å². The van der Waals surface area contributed by atoms with Gasteiger partial charge in [0.2, 0.25) is 11.8 Å². The van der Waals surface area contributed by atoms with Crippen LogP contribution in [0.25, 0.3) is 0 Å². The number of rotatable bonds is 9. The fraction of sp³-hybridized carbons (Fsp3) is 0.667. The molecular weight excluding hydrogens is 551 g/mol. The van der Waals surface area contributed by atoms with E-state index in [4.69, 9.17) is 15.6 Å². The number of halogens is 3. The lowest BCUT2D eigenvalue weighted by Crippen LogP contribution is -2.48. The third kappa shape index (κ3) is 9.18. The van der Waals surface area contributed by atoms with Crippen LogP contribution in [-0.2, 0) is 19.4 Å². The van der Waals surface area contributed by atoms with Crippen LogP contribution in [0.1, 0.15) is 73.2 Å². The molecule has 2 unspecified atom stereocenters. The molecule has 0 spiro atoms. The number of nitrogens with zero attached hydrogens (tertiary/aromatic N) is 2. The van der Waals surface area contributed by atoms with Crippen molar-refractivity contribution in [2.75, 3.05) is 31.6 Å². The quantitative estimate of drug-likeness (QED) is 0.451. The minimum absolute atomic E-state index is 0.255. The summed E-state index contributed by atoms with van der Waals surface area (Å²) >= 11 is 0. The molecule has 224 valence electrons. The summed E-state index contributed by atoms with van der Waals surface area (Å²) in [5.74, 6) is -2.89. The second-order valence-corrected chi connectivity index (χ2v) is 13.3. The second-order valence-electron chi connectivity index (χ2n) is 11.1. The molecule has 9 nitrogen and oxygen atoms in total. The van der Waals surface area contributed by atoms with Crippen molar-refractivity contribution in [3.63, 3.8) is 0 Å². The largest absolute Gasteiger partial charge is 0.490 e. The number of carbonyl (C=O) groups is 3. The molecule has 0 aromatic heterocycles. The Morgan fingerprint density at radius 2 is 1.65 bits per heavy atom. The van der Waals surface area contributed by atoms with Gasteiger partial charge >= 0.3 is 12.1 Å². The zero-order valence-corrected chi connectivity index (χ0v) is 23.4. The number of amides is 2. The van der Waals surface area contributed by atoms with Crippen molar-refractivity contribution >= 4 is 27.6 Å². The van der Waals surface area contributed by atoms with E-state index in [2.05, 4.69) is 11.0 Å². The summed E-state index contributed by atoms with van der Waals surface area (Å²) in [7, 11) is -3.34. The number of alkyl halides is 3. The predicted molar refractivity (Wildman–Crippen MR) is 142 cm³/mol. The first kappa shape index (κ1) is 31.9. The fourth-order valence-corrected chi connectivity index (χ4v) is 6.86. The molecule has 2 saturated heterocycles. The highest BCUT2D eigenvalue weighted by molar-refractivity contribution is 7.91. The van der Waals surface area contributed by atoms with Crippen LogP contribution in [0.15, 0.2) is 24.3 Å². The van der Waals surface area contributed by atoms with Crippen LogP contribution in [0.3, 0.4) is 0 Å². The van der Waals surface area contributed by atoms with Crippen LogP contribution in [0.2, 0.25) is 0 Å². The lowest BCUT2D eigenvalue weighted by Gasteiger charge is -2.40. The van der Waals surface area contributed by atoms with Gasteiger partial charge in [-0.3, -0.25) is 14.5 Å². The molecule has 1 aromatic rings. The van der Waals surface area contributed by atoms with Crippen LogP contribution in [0.5, 0.6) is 0 Å². The zero-order valence-electron chi connectivity index (χ0n) is 22.6. The molecule has 0 radical (unpaired) electrons. The van der Waals surface area contributed by atoms with E-state index in [1.165, 1.54) is 18.4 Å². The molecule has 40 heavy (non-hydrogen) atoms. The predicted octanol–water partition coefficient (Wildman–Crippen LogP) is 3.19. The molecule has 1 aromatic carbocycles. The Morgan fingerprint density at radius 3 is 2.15 bits per heavy atom. The Kier molecular flexibility index (Phi) is 10.6. The average Bonchev–Trinajstić information content (AvgIpc) is 3.44. The number of fused-ring (bicyclic) bond motifs is 2. The number of sulfone groups is 1. The van der Waals surface area contributed by atoms with E-state index < -0.39 is 33.6 Å². The number of benzene rings is 1. The van der Waals surface area contributed by atoms with E-state index >= 15 is 0 Å². The Morgan fingerprint density at radius 1 is 1.07 bits per heavy atom. The normalized spacial score (nSPS) is 23.4. The van der Waals surface area contributed by atoms with Gasteiger partial charge in [-0.1, -0.05) is 25.0 Å². The lowest BCUT2D eigenvalue weighted by atomic mass is 9.84. The van der Waals surface area contributed by atoms with E-state index in [9.17, 15) is 31.2 Å². The van der Waals surface area contributed by atoms with Crippen LogP contribution in [0, 0.1) is 5.92 Å². The SMILES string of the molecule is CS(=O)(=O)CC(=O)N(CCN1C2CCC1CC(c1cccc(C(N)=O)c1)C2)CC1CCCC1.O=C(O)C(F)(F)F. The minimum Gasteiger partial charge on any atom is -0.475 e. The van der Waals surface area contributed by atoms with Crippen LogP contribution in [-0.4, -0.2) is 91.0 Å². The third-order valence-corrected chi connectivity index (χ3v) is 8.86. The second kappa shape index (κ2) is 13.3. The van der Waals surface area contributed by atoms with Crippen LogP contribution in [0.4, 0.5) is 13.2 Å². The van der Waals surface area contributed by atoms with Gasteiger partial charge in [0.25, 0.3) is 0 Å². The lowest BCUT2D eigenvalue weighted by molar-refractivity contribution is -0.192. The van der Waals surface area contributed by atoms with Gasteiger partial charge in [-0.05, 0) is 68.1 Å². The number of piperidine rings is 1. The van der Waals surface area contributed by atoms with Crippen molar-refractivity contribution in [3.05, 3.63) is 35.4 Å². The molecule has 2 amide bonds. The van der Waals surface area contributed by atoms with E-state index in [-0.39, 0.29) is 5.91 Å². The first-order chi connectivity index (χ1) is 18.6. The maximum Gasteiger partial charge on any atom is 0.490 e. The number of carboxylic acids is 1. The highest BCUT2D eigenvalue weighted by Crippen LogP contribution is 2.43. The first-order valence-electron chi connectivity index (χ1n) is 13.5. The average molecular weight is 590 g/mol. The van der Waals surface area contributed by atoms with Crippen molar-refractivity contribution in [1.82, 2.24) is 9.80 Å². The summed E-state index contributed by atoms with van der Waals surface area (Å²) in [6.45, 7) is 2.07. The summed E-state index contributed by atoms with van der Waals surface area (Å²) in [5, 5.41) is 7.12. The van der Waals surface area contributed by atoms with Gasteiger partial charge in [-0.25, -0.2) is 13.2 Å². The van der Waals surface area contributed by atoms with Crippen molar-refractivity contribution in [2.45, 2.75) is 75.5 Å². The van der Waals surface area contributed by atoms with Crippen LogP contribution < -0.4 is 5.73 Å². The number of hydrogen-bond donors (Lipinski definition) is 2. The number of carboxylic acid groups (broad SMARTS) is 1. The molecule has 2 atom stereocenters. The topological polar surface area (TPSA) is 138 Å². The Bertz CT molecular complexity index is 1160. The highest BCUT2D eigenvalue weighted by atomic mass is 32.2. The van der Waals surface area contributed by atoms with Gasteiger partial charge < -0.3 is 15.7 Å². The molecule has 1 aliphatic carbocycles. The molecule has 13 heteroatoms. The van der Waals surface area contributed by atoms with Gasteiger partial charge in [0.05, 0.1) is 0 Å². The van der Waals surface area contributed by atoms with Crippen LogP contribution >= 0.6 is 0 Å². The summed E-state index contributed by atoms with van der Waals surface area (Å²) in [4.78, 5) is 37.7. The van der Waals surface area contributed by atoms with Gasteiger partial charge in [0, 0.05) is 43.5 Å². The fourth-order valence-electron chi connectivity index (χ4n) is 6.23. The van der Waals surface area contributed by atoms with Gasteiger partial charge in [-0.2, -0.15) is 13.2 Å². The number of carbonyl (C=O) groups excluding carboxylic acids is 2. The third-order valence-electron chi connectivity index (χ3n) is 8.09. The Balaban J connectivity index is 0.000000559. The molecule has 4 rings (SSSR count). The Hall–Kier alpha value is -2.67. The maximum atomic E-state index is 12.8. The minimum atomic E-state index is -5.08. The molecule has 2 aliphatic heterocycles. The molecule has 2 heterocycles. The molecule has 3 aliphatic rings. The smallest absolute Gasteiger partial charge is 0.475 e. The molecule has 3 N–H and O–H groups in total.